The summed E-state index contributed by atoms with van der Waals surface area (Å²) in [6.45, 7) is 4.24. The van der Waals surface area contributed by atoms with Gasteiger partial charge in [-0.3, -0.25) is 0 Å². The Labute approximate surface area is 106 Å². The highest BCUT2D eigenvalue weighted by atomic mass is 16.5. The van der Waals surface area contributed by atoms with Crippen molar-refractivity contribution < 1.29 is 29.3 Å². The van der Waals surface area contributed by atoms with Crippen LogP contribution in [0.2, 0.25) is 0 Å². The maximum Gasteiger partial charge on any atom is 0.344 e. The smallest absolute Gasteiger partial charge is 0.344 e. The van der Waals surface area contributed by atoms with Crippen molar-refractivity contribution in [2.45, 2.75) is 18.9 Å². The average molecular weight is 258 g/mol. The molecule has 0 aromatic rings. The number of rotatable bonds is 6. The Morgan fingerprint density at radius 3 is 2.22 bits per heavy atom. The lowest BCUT2D eigenvalue weighted by Crippen LogP contribution is -2.45. The van der Waals surface area contributed by atoms with E-state index in [0.717, 1.165) is 7.11 Å². The summed E-state index contributed by atoms with van der Waals surface area (Å²) in [5.41, 5.74) is -2.05. The third-order valence-electron chi connectivity index (χ3n) is 2.54. The van der Waals surface area contributed by atoms with Gasteiger partial charge in [0.15, 0.2) is 0 Å². The van der Waals surface area contributed by atoms with E-state index < -0.39 is 24.1 Å². The zero-order chi connectivity index (χ0) is 14.3. The van der Waals surface area contributed by atoms with E-state index in [-0.39, 0.29) is 17.6 Å². The average Bonchev–Trinajstić information content (AvgIpc) is 2.41. The van der Waals surface area contributed by atoms with Gasteiger partial charge >= 0.3 is 11.9 Å². The molecule has 0 aliphatic carbocycles. The molecule has 0 amide bonds. The summed E-state index contributed by atoms with van der Waals surface area (Å²) in [6.07, 6.45) is 1.38. The molecule has 2 N–H and O–H groups in total. The molecule has 0 aliphatic heterocycles. The summed E-state index contributed by atoms with van der Waals surface area (Å²) in [7, 11) is 2.29. The second kappa shape index (κ2) is 6.93. The van der Waals surface area contributed by atoms with Crippen LogP contribution in [0, 0.1) is 0 Å². The van der Waals surface area contributed by atoms with E-state index in [1.807, 2.05) is 0 Å². The topological polar surface area (TPSA) is 93.1 Å². The van der Waals surface area contributed by atoms with Gasteiger partial charge in [0.05, 0.1) is 20.8 Å². The van der Waals surface area contributed by atoms with E-state index in [9.17, 15) is 14.7 Å². The molecule has 0 aromatic carbocycles. The SMILES string of the molecule is C=C(C/C(=C/C)C(=O)OC)[C@@](O)(CO)C(=O)OC. The molecule has 18 heavy (non-hydrogen) atoms. The monoisotopic (exact) mass is 258 g/mol. The number of hydrogen-bond acceptors (Lipinski definition) is 6. The lowest BCUT2D eigenvalue weighted by atomic mass is 9.90. The van der Waals surface area contributed by atoms with E-state index in [1.54, 1.807) is 6.92 Å². The van der Waals surface area contributed by atoms with Crippen LogP contribution in [0.1, 0.15) is 13.3 Å². The van der Waals surface area contributed by atoms with Gasteiger partial charge in [-0.05, 0) is 12.5 Å². The van der Waals surface area contributed by atoms with Crippen LogP contribution >= 0.6 is 0 Å². The quantitative estimate of drug-likeness (QED) is 0.394. The maximum atomic E-state index is 11.4. The fraction of sp³-hybridized carbons (Fsp3) is 0.500. The Kier molecular flexibility index (Phi) is 6.29. The van der Waals surface area contributed by atoms with Crippen LogP contribution < -0.4 is 0 Å². The number of carbonyl (C=O) groups is 2. The molecule has 102 valence electrons. The lowest BCUT2D eigenvalue weighted by Gasteiger charge is -2.25. The predicted octanol–water partition coefficient (Wildman–Crippen LogP) is -0.0516. The molecule has 0 rings (SSSR count). The molecule has 0 heterocycles. The second-order valence-corrected chi connectivity index (χ2v) is 3.60. The first-order chi connectivity index (χ1) is 8.37. The van der Waals surface area contributed by atoms with Crippen molar-refractivity contribution in [1.82, 2.24) is 0 Å². The van der Waals surface area contributed by atoms with Crippen LogP contribution in [-0.4, -0.2) is 48.6 Å². The van der Waals surface area contributed by atoms with E-state index >= 15 is 0 Å². The summed E-state index contributed by atoms with van der Waals surface area (Å²) < 4.78 is 8.91. The molecule has 0 unspecified atom stereocenters. The molecule has 0 saturated carbocycles. The van der Waals surface area contributed by atoms with Crippen molar-refractivity contribution in [3.05, 3.63) is 23.8 Å². The number of aliphatic hydroxyl groups excluding tert-OH is 1. The normalized spacial score (nSPS) is 14.6. The number of carbonyl (C=O) groups excluding carboxylic acids is 2. The van der Waals surface area contributed by atoms with Gasteiger partial charge in [-0.2, -0.15) is 0 Å². The largest absolute Gasteiger partial charge is 0.467 e. The number of allylic oxidation sites excluding steroid dienone is 1. The summed E-state index contributed by atoms with van der Waals surface area (Å²) in [4.78, 5) is 22.7. The molecule has 0 aromatic heterocycles. The van der Waals surface area contributed by atoms with Gasteiger partial charge in [-0.15, -0.1) is 0 Å². The third-order valence-corrected chi connectivity index (χ3v) is 2.54. The van der Waals surface area contributed by atoms with E-state index in [1.165, 1.54) is 13.2 Å². The Balaban J connectivity index is 5.04. The Bertz CT molecular complexity index is 371. The molecule has 0 spiro atoms. The highest BCUT2D eigenvalue weighted by Crippen LogP contribution is 2.24. The van der Waals surface area contributed by atoms with Crippen molar-refractivity contribution in [1.29, 1.82) is 0 Å². The standard InChI is InChI=1S/C12H18O6/c1-5-9(10(14)17-3)6-8(2)12(16,7-13)11(15)18-4/h5,13,16H,2,6-7H2,1,3-4H3/b9-5-/t12-/m0/s1. The van der Waals surface area contributed by atoms with Gasteiger partial charge in [0.1, 0.15) is 0 Å². The van der Waals surface area contributed by atoms with Crippen LogP contribution in [0.4, 0.5) is 0 Å². The zero-order valence-electron chi connectivity index (χ0n) is 10.7. The van der Waals surface area contributed by atoms with Crippen molar-refractivity contribution in [3.8, 4) is 0 Å². The highest BCUT2D eigenvalue weighted by molar-refractivity contribution is 5.90. The molecule has 0 aliphatic rings. The number of aliphatic hydroxyl groups is 2. The van der Waals surface area contributed by atoms with E-state index in [2.05, 4.69) is 16.1 Å². The minimum Gasteiger partial charge on any atom is -0.467 e. The van der Waals surface area contributed by atoms with Gasteiger partial charge in [0.2, 0.25) is 5.60 Å². The van der Waals surface area contributed by atoms with Gasteiger partial charge in [0.25, 0.3) is 0 Å². The Hall–Kier alpha value is -1.66. The molecule has 0 bridgehead atoms. The van der Waals surface area contributed by atoms with Gasteiger partial charge in [-0.25, -0.2) is 9.59 Å². The van der Waals surface area contributed by atoms with Crippen LogP contribution in [-0.2, 0) is 19.1 Å². The summed E-state index contributed by atoms with van der Waals surface area (Å²) >= 11 is 0. The van der Waals surface area contributed by atoms with Crippen molar-refractivity contribution >= 4 is 11.9 Å². The number of methoxy groups -OCH3 is 2. The number of esters is 2. The summed E-state index contributed by atoms with van der Waals surface area (Å²) in [5.74, 6) is -1.63. The van der Waals surface area contributed by atoms with Gasteiger partial charge in [-0.1, -0.05) is 12.7 Å². The first-order valence-corrected chi connectivity index (χ1v) is 5.20. The van der Waals surface area contributed by atoms with Crippen LogP contribution in [0.5, 0.6) is 0 Å². The molecular formula is C12H18O6. The molecule has 1 atom stereocenters. The Morgan fingerprint density at radius 2 is 1.89 bits per heavy atom. The minimum atomic E-state index is -2.23. The van der Waals surface area contributed by atoms with Crippen LogP contribution in [0.15, 0.2) is 23.8 Å². The number of ether oxygens (including phenoxy) is 2. The Morgan fingerprint density at radius 1 is 1.33 bits per heavy atom. The van der Waals surface area contributed by atoms with Crippen molar-refractivity contribution in [2.24, 2.45) is 0 Å². The fourth-order valence-electron chi connectivity index (χ4n) is 1.29. The highest BCUT2D eigenvalue weighted by Gasteiger charge is 2.40. The van der Waals surface area contributed by atoms with Crippen molar-refractivity contribution in [2.75, 3.05) is 20.8 Å². The molecule has 6 nitrogen and oxygen atoms in total. The lowest BCUT2D eigenvalue weighted by molar-refractivity contribution is -0.162. The molecule has 0 radical (unpaired) electrons. The summed E-state index contributed by atoms with van der Waals surface area (Å²) in [5, 5.41) is 19.0. The second-order valence-electron chi connectivity index (χ2n) is 3.60. The fourth-order valence-corrected chi connectivity index (χ4v) is 1.29. The maximum absolute atomic E-state index is 11.4. The van der Waals surface area contributed by atoms with Gasteiger partial charge < -0.3 is 19.7 Å². The molecular weight excluding hydrogens is 240 g/mol. The van der Waals surface area contributed by atoms with E-state index in [0.29, 0.717) is 0 Å². The minimum absolute atomic E-state index is 0.0460. The predicted molar refractivity (Wildman–Crippen MR) is 63.6 cm³/mol. The molecule has 0 fully saturated rings. The first kappa shape index (κ1) is 16.3. The third kappa shape index (κ3) is 3.41. The summed E-state index contributed by atoms with van der Waals surface area (Å²) in [6, 6.07) is 0. The molecule has 0 saturated heterocycles. The zero-order valence-corrected chi connectivity index (χ0v) is 10.7. The number of hydrogen-bond donors (Lipinski definition) is 2. The van der Waals surface area contributed by atoms with Crippen molar-refractivity contribution in [3.63, 3.8) is 0 Å². The van der Waals surface area contributed by atoms with Crippen LogP contribution in [0.25, 0.3) is 0 Å². The van der Waals surface area contributed by atoms with E-state index in [4.69, 9.17) is 5.11 Å². The first-order valence-electron chi connectivity index (χ1n) is 5.20. The van der Waals surface area contributed by atoms with Gasteiger partial charge in [0, 0.05) is 12.0 Å². The van der Waals surface area contributed by atoms with Crippen LogP contribution in [0.3, 0.4) is 0 Å². The molecule has 6 heteroatoms.